The largest absolute Gasteiger partial charge is 0.435 e. The Morgan fingerprint density at radius 1 is 0.977 bits per heavy atom. The molecule has 0 aromatic heterocycles. The van der Waals surface area contributed by atoms with Crippen molar-refractivity contribution in [3.8, 4) is 0 Å². The van der Waals surface area contributed by atoms with Crippen LogP contribution in [0.3, 0.4) is 0 Å². The van der Waals surface area contributed by atoms with Crippen LogP contribution in [-0.2, 0) is 35.8 Å². The minimum absolute atomic E-state index is 0.0444. The third-order valence-corrected chi connectivity index (χ3v) is 13.1. The first-order chi connectivity index (χ1) is 19.9. The summed E-state index contributed by atoms with van der Waals surface area (Å²) in [5.74, 6) is -0.222. The lowest BCUT2D eigenvalue weighted by Gasteiger charge is -2.47. The average molecular weight is 673 g/mol. The van der Waals surface area contributed by atoms with Gasteiger partial charge in [0.1, 0.15) is 4.75 Å². The monoisotopic (exact) mass is 672 g/mol. The fraction of sp³-hybridized carbons (Fsp3) is 0.519. The summed E-state index contributed by atoms with van der Waals surface area (Å²) in [5.41, 5.74) is -7.85. The maximum atomic E-state index is 15.1. The molecule has 2 aromatic carbocycles. The minimum Gasteiger partial charge on any atom is -0.372 e. The van der Waals surface area contributed by atoms with Crippen LogP contribution in [0.1, 0.15) is 30.4 Å². The van der Waals surface area contributed by atoms with Gasteiger partial charge in [-0.3, -0.25) is 9.00 Å². The van der Waals surface area contributed by atoms with Gasteiger partial charge in [-0.15, -0.1) is 9.24 Å². The van der Waals surface area contributed by atoms with Crippen molar-refractivity contribution in [3.05, 3.63) is 53.6 Å². The molecule has 0 spiro atoms. The topological polar surface area (TPSA) is 74.8 Å². The quantitative estimate of drug-likeness (QED) is 0.357. The molecule has 16 heteroatoms. The summed E-state index contributed by atoms with van der Waals surface area (Å²) in [7, 11) is -1.76. The van der Waals surface area contributed by atoms with E-state index in [2.05, 4.69) is 9.24 Å². The van der Waals surface area contributed by atoms with Crippen LogP contribution < -0.4 is 10.2 Å². The second-order valence-corrected chi connectivity index (χ2v) is 15.7. The number of likely N-dealkylation sites (N-methyl/N-ethyl adjacent to an activating group) is 1. The molecule has 3 heterocycles. The first kappa shape index (κ1) is 32.2. The van der Waals surface area contributed by atoms with E-state index in [-0.39, 0.29) is 41.6 Å². The average Bonchev–Trinajstić information content (AvgIpc) is 3.32. The fourth-order valence-electron chi connectivity index (χ4n) is 6.54. The van der Waals surface area contributed by atoms with E-state index in [9.17, 15) is 43.8 Å². The molecule has 43 heavy (non-hydrogen) atoms. The lowest BCUT2D eigenvalue weighted by atomic mass is 9.82. The van der Waals surface area contributed by atoms with E-state index in [4.69, 9.17) is 0 Å². The molecule has 3 aliphatic rings. The van der Waals surface area contributed by atoms with Gasteiger partial charge in [0.25, 0.3) is 0 Å². The van der Waals surface area contributed by atoms with Crippen LogP contribution >= 0.6 is 9.24 Å². The molecule has 3 unspecified atom stereocenters. The van der Waals surface area contributed by atoms with Crippen molar-refractivity contribution in [2.24, 2.45) is 5.92 Å². The number of amides is 1. The summed E-state index contributed by atoms with van der Waals surface area (Å²) in [6.45, 7) is -0.295. The van der Waals surface area contributed by atoms with Gasteiger partial charge in [0.15, 0.2) is 9.84 Å². The van der Waals surface area contributed by atoms with Crippen molar-refractivity contribution in [1.82, 2.24) is 4.90 Å². The number of alkyl halides is 7. The second kappa shape index (κ2) is 10.7. The number of hydrogen-bond acceptors (Lipinski definition) is 5. The van der Waals surface area contributed by atoms with Crippen molar-refractivity contribution < 1.29 is 48.2 Å². The van der Waals surface area contributed by atoms with Crippen LogP contribution in [-0.4, -0.2) is 73.5 Å². The Bertz CT molecular complexity index is 1540. The normalized spacial score (nSPS) is 26.7. The number of hydrogen-bond donors (Lipinski definition) is 0. The number of halogens is 7. The smallest absolute Gasteiger partial charge is 0.372 e. The molecule has 5 rings (SSSR count). The highest BCUT2D eigenvalue weighted by Gasteiger charge is 2.74. The van der Waals surface area contributed by atoms with E-state index < -0.39 is 60.9 Å². The number of anilines is 1. The van der Waals surface area contributed by atoms with Crippen LogP contribution in [0, 0.1) is 5.92 Å². The molecule has 6 nitrogen and oxygen atoms in total. The molecule has 0 N–H and O–H groups in total. The van der Waals surface area contributed by atoms with E-state index in [0.717, 1.165) is 6.07 Å². The summed E-state index contributed by atoms with van der Waals surface area (Å²) in [4.78, 5) is 16.3. The van der Waals surface area contributed by atoms with Crippen molar-refractivity contribution in [2.75, 3.05) is 36.5 Å². The van der Waals surface area contributed by atoms with Gasteiger partial charge in [-0.1, -0.05) is 24.3 Å². The Hall–Kier alpha value is -2.25. The first-order valence-electron chi connectivity index (χ1n) is 13.3. The molecular formula is C27H28F7N2O4PS2. The number of rotatable bonds is 4. The van der Waals surface area contributed by atoms with E-state index in [1.165, 1.54) is 41.1 Å². The van der Waals surface area contributed by atoms with Gasteiger partial charge in [-0.25, -0.2) is 12.8 Å². The summed E-state index contributed by atoms with van der Waals surface area (Å²) in [6, 6.07) is 6.23. The van der Waals surface area contributed by atoms with Gasteiger partial charge >= 0.3 is 18.0 Å². The lowest BCUT2D eigenvalue weighted by molar-refractivity contribution is -0.348. The standard InChI is InChI=1S/C27H28F7N2O4PS2/c1-35-15-22-24(43(39,40)19-5-3-18(41)4-6-19,10-11-36(22)23(37)16-8-12-42(38)13-9-16)20-7-2-17(14-21(20)35)25(28,26(29,30)31)27(32,33)34/h2-7,14,16,22H,8-13,15,41H2,1H3. The van der Waals surface area contributed by atoms with Crippen molar-refractivity contribution in [2.45, 2.75) is 53.0 Å². The predicted octanol–water partition coefficient (Wildman–Crippen LogP) is 4.36. The molecule has 0 saturated carbocycles. The zero-order valence-corrected chi connectivity index (χ0v) is 25.5. The molecule has 3 aliphatic heterocycles. The minimum atomic E-state index is -6.35. The number of sulfone groups is 1. The number of fused-ring (bicyclic) bond motifs is 3. The van der Waals surface area contributed by atoms with Gasteiger partial charge in [0.2, 0.25) is 5.91 Å². The van der Waals surface area contributed by atoms with E-state index in [1.54, 1.807) is 0 Å². The van der Waals surface area contributed by atoms with E-state index >= 15 is 4.39 Å². The molecule has 0 radical (unpaired) electrons. The number of likely N-dealkylation sites (tertiary alicyclic amines) is 1. The van der Waals surface area contributed by atoms with E-state index in [1.807, 2.05) is 0 Å². The molecule has 1 amide bonds. The van der Waals surface area contributed by atoms with Crippen molar-refractivity contribution in [1.29, 1.82) is 0 Å². The van der Waals surface area contributed by atoms with Gasteiger partial charge in [0, 0.05) is 59.6 Å². The summed E-state index contributed by atoms with van der Waals surface area (Å²) in [6.07, 6.45) is -12.2. The first-order valence-corrected chi connectivity index (χ1v) is 16.8. The van der Waals surface area contributed by atoms with Crippen molar-refractivity contribution in [3.63, 3.8) is 0 Å². The van der Waals surface area contributed by atoms with Gasteiger partial charge in [-0.05, 0) is 48.3 Å². The Balaban J connectivity index is 1.70. The highest BCUT2D eigenvalue weighted by atomic mass is 32.2. The summed E-state index contributed by atoms with van der Waals surface area (Å²) in [5, 5.41) is 0.665. The van der Waals surface area contributed by atoms with Crippen LogP contribution in [0.4, 0.5) is 36.4 Å². The Labute approximate surface area is 248 Å². The number of nitrogens with zero attached hydrogens (tertiary/aromatic N) is 2. The zero-order chi connectivity index (χ0) is 31.8. The molecule has 2 saturated heterocycles. The fourth-order valence-corrected chi connectivity index (χ4v) is 10.3. The highest BCUT2D eigenvalue weighted by Crippen LogP contribution is 2.57. The SMILES string of the molecule is CN1CC2N(C(=O)C3CCS(=O)CC3)CCC2(S(=O)(=O)c2ccc(P)cc2)c2ccc(C(F)(C(F)(F)F)C(F)(F)F)cc21. The lowest BCUT2D eigenvalue weighted by Crippen LogP contribution is -2.58. The van der Waals surface area contributed by atoms with Crippen LogP contribution in [0.2, 0.25) is 0 Å². The third-order valence-electron chi connectivity index (χ3n) is 8.82. The Morgan fingerprint density at radius 2 is 1.56 bits per heavy atom. The number of benzene rings is 2. The van der Waals surface area contributed by atoms with Crippen LogP contribution in [0.15, 0.2) is 47.4 Å². The number of carbonyl (C=O) groups is 1. The zero-order valence-electron chi connectivity index (χ0n) is 22.7. The second-order valence-electron chi connectivity index (χ2n) is 11.1. The maximum absolute atomic E-state index is 15.1. The predicted molar refractivity (Wildman–Crippen MR) is 150 cm³/mol. The van der Waals surface area contributed by atoms with E-state index in [0.29, 0.717) is 41.8 Å². The summed E-state index contributed by atoms with van der Waals surface area (Å²) >= 11 is 0. The van der Waals surface area contributed by atoms with Gasteiger partial charge in [-0.2, -0.15) is 26.3 Å². The Kier molecular flexibility index (Phi) is 7.99. The van der Waals surface area contributed by atoms with Crippen LogP contribution in [0.5, 0.6) is 0 Å². The molecule has 236 valence electrons. The summed E-state index contributed by atoms with van der Waals surface area (Å²) < 4.78 is 136. The molecule has 3 atom stereocenters. The van der Waals surface area contributed by atoms with Crippen LogP contribution in [0.25, 0.3) is 0 Å². The van der Waals surface area contributed by atoms with Gasteiger partial charge < -0.3 is 9.80 Å². The maximum Gasteiger partial charge on any atom is 0.435 e. The molecular weight excluding hydrogens is 644 g/mol. The molecule has 2 aromatic rings. The molecule has 2 fully saturated rings. The van der Waals surface area contributed by atoms with Gasteiger partial charge in [0.05, 0.1) is 10.9 Å². The highest BCUT2D eigenvalue weighted by molar-refractivity contribution is 7.92. The molecule has 0 bridgehead atoms. The van der Waals surface area contributed by atoms with Crippen molar-refractivity contribution >= 4 is 46.8 Å². The third kappa shape index (κ3) is 4.88. The number of carbonyl (C=O) groups excluding carboxylic acids is 1. The Morgan fingerprint density at radius 3 is 2.12 bits per heavy atom. The molecule has 0 aliphatic carbocycles.